The van der Waals surface area contributed by atoms with Gasteiger partial charge in [-0.05, 0) is 55.0 Å². The fourth-order valence-electron chi connectivity index (χ4n) is 2.99. The van der Waals surface area contributed by atoms with Crippen LogP contribution in [0.1, 0.15) is 22.8 Å². The summed E-state index contributed by atoms with van der Waals surface area (Å²) in [6.45, 7) is 3.40. The van der Waals surface area contributed by atoms with E-state index in [1.165, 1.54) is 18.3 Å². The van der Waals surface area contributed by atoms with E-state index >= 15 is 0 Å². The quantitative estimate of drug-likeness (QED) is 0.510. The first-order valence-electron chi connectivity index (χ1n) is 9.02. The van der Waals surface area contributed by atoms with E-state index in [1.807, 2.05) is 37.3 Å². The average molecular weight is 402 g/mol. The van der Waals surface area contributed by atoms with Gasteiger partial charge in [0.05, 0.1) is 0 Å². The van der Waals surface area contributed by atoms with Crippen molar-refractivity contribution >= 4 is 44.9 Å². The van der Waals surface area contributed by atoms with Gasteiger partial charge in [-0.1, -0.05) is 23.5 Å². The number of pyridine rings is 1. The van der Waals surface area contributed by atoms with Gasteiger partial charge >= 0.3 is 0 Å². The molecule has 0 unspecified atom stereocenters. The van der Waals surface area contributed by atoms with Crippen LogP contribution in [0, 0.1) is 6.92 Å². The van der Waals surface area contributed by atoms with E-state index in [0.717, 1.165) is 32.2 Å². The van der Waals surface area contributed by atoms with Crippen LogP contribution in [-0.2, 0) is 4.79 Å². The second-order valence-corrected chi connectivity index (χ2v) is 7.52. The zero-order valence-electron chi connectivity index (χ0n) is 15.9. The van der Waals surface area contributed by atoms with Crippen molar-refractivity contribution in [3.8, 4) is 10.6 Å². The van der Waals surface area contributed by atoms with Crippen LogP contribution in [0.3, 0.4) is 0 Å². The van der Waals surface area contributed by atoms with E-state index in [1.54, 1.807) is 30.5 Å². The number of thiazole rings is 1. The van der Waals surface area contributed by atoms with Crippen LogP contribution < -0.4 is 10.6 Å². The molecule has 29 heavy (non-hydrogen) atoms. The molecule has 2 heterocycles. The molecule has 0 aliphatic heterocycles. The van der Waals surface area contributed by atoms with Gasteiger partial charge in [0.1, 0.15) is 15.4 Å². The molecule has 0 saturated heterocycles. The number of hydrogen-bond donors (Lipinski definition) is 2. The van der Waals surface area contributed by atoms with Crippen molar-refractivity contribution in [2.24, 2.45) is 0 Å². The molecular formula is C22H18N4O2S. The molecule has 4 rings (SSSR count). The molecule has 0 bridgehead atoms. The van der Waals surface area contributed by atoms with Gasteiger partial charge in [-0.25, -0.2) is 9.97 Å². The lowest BCUT2D eigenvalue weighted by molar-refractivity contribution is -0.114. The first-order valence-corrected chi connectivity index (χ1v) is 9.83. The summed E-state index contributed by atoms with van der Waals surface area (Å²) in [5.74, 6) is -0.370. The molecule has 6 nitrogen and oxygen atoms in total. The minimum Gasteiger partial charge on any atom is -0.326 e. The van der Waals surface area contributed by atoms with Gasteiger partial charge in [0.15, 0.2) is 0 Å². The Morgan fingerprint density at radius 1 is 0.966 bits per heavy atom. The molecule has 0 radical (unpaired) electrons. The normalized spacial score (nSPS) is 10.7. The van der Waals surface area contributed by atoms with E-state index in [9.17, 15) is 9.59 Å². The molecule has 2 N–H and O–H groups in total. The van der Waals surface area contributed by atoms with Crippen molar-refractivity contribution in [3.63, 3.8) is 0 Å². The molecule has 4 aromatic rings. The van der Waals surface area contributed by atoms with Crippen molar-refractivity contribution in [2.75, 3.05) is 10.6 Å². The van der Waals surface area contributed by atoms with Gasteiger partial charge in [-0.15, -0.1) is 0 Å². The van der Waals surface area contributed by atoms with E-state index in [0.29, 0.717) is 11.3 Å². The Kier molecular flexibility index (Phi) is 5.05. The summed E-state index contributed by atoms with van der Waals surface area (Å²) in [7, 11) is 0. The Hall–Kier alpha value is -3.58. The van der Waals surface area contributed by atoms with E-state index in [4.69, 9.17) is 0 Å². The summed E-state index contributed by atoms with van der Waals surface area (Å²) < 4.78 is 0. The van der Waals surface area contributed by atoms with Crippen LogP contribution in [0.5, 0.6) is 0 Å². The molecule has 2 amide bonds. The van der Waals surface area contributed by atoms with Gasteiger partial charge in [-0.2, -0.15) is 0 Å². The van der Waals surface area contributed by atoms with Crippen molar-refractivity contribution in [1.29, 1.82) is 0 Å². The molecule has 2 aromatic heterocycles. The predicted molar refractivity (Wildman–Crippen MR) is 116 cm³/mol. The molecule has 0 aliphatic carbocycles. The maximum atomic E-state index is 12.7. The predicted octanol–water partition coefficient (Wildman–Crippen LogP) is 4.88. The molecule has 2 aromatic carbocycles. The number of rotatable bonds is 4. The fourth-order valence-corrected chi connectivity index (χ4v) is 3.98. The highest BCUT2D eigenvalue weighted by atomic mass is 32.1. The minimum atomic E-state index is -0.217. The fraction of sp³-hybridized carbons (Fsp3) is 0.0909. The molecule has 0 atom stereocenters. The zero-order valence-corrected chi connectivity index (χ0v) is 16.7. The van der Waals surface area contributed by atoms with Gasteiger partial charge < -0.3 is 10.6 Å². The van der Waals surface area contributed by atoms with Gasteiger partial charge in [-0.3, -0.25) is 9.59 Å². The van der Waals surface area contributed by atoms with Crippen molar-refractivity contribution in [3.05, 3.63) is 71.9 Å². The number of anilines is 2. The number of nitrogens with zero attached hydrogens (tertiary/aromatic N) is 2. The van der Waals surface area contributed by atoms with E-state index < -0.39 is 0 Å². The molecule has 0 spiro atoms. The smallest absolute Gasteiger partial charge is 0.255 e. The minimum absolute atomic E-state index is 0.153. The highest BCUT2D eigenvalue weighted by Crippen LogP contribution is 2.33. The van der Waals surface area contributed by atoms with E-state index in [-0.39, 0.29) is 11.8 Å². The lowest BCUT2D eigenvalue weighted by Crippen LogP contribution is -2.13. The summed E-state index contributed by atoms with van der Waals surface area (Å²) in [5, 5.41) is 6.52. The van der Waals surface area contributed by atoms with Gasteiger partial charge in [0, 0.05) is 35.6 Å². The van der Waals surface area contributed by atoms with Gasteiger partial charge in [0.2, 0.25) is 5.91 Å². The Balaban J connectivity index is 1.58. The van der Waals surface area contributed by atoms with Crippen LogP contribution in [0.25, 0.3) is 20.9 Å². The standard InChI is InChI=1S/C22H18N4O2S/c1-13-17(21-26-19-7-4-12-23-22(19)29-21)5-3-6-18(13)25-20(28)15-8-10-16(11-9-15)24-14(2)27/h3-12H,1-2H3,(H,24,27)(H,25,28). The lowest BCUT2D eigenvalue weighted by atomic mass is 10.1. The number of nitrogens with one attached hydrogen (secondary N) is 2. The first-order chi connectivity index (χ1) is 14.0. The molecule has 0 fully saturated rings. The van der Waals surface area contributed by atoms with Crippen LogP contribution in [-0.4, -0.2) is 21.8 Å². The summed E-state index contributed by atoms with van der Waals surface area (Å²) in [5.41, 5.74) is 4.65. The molecular weight excluding hydrogens is 384 g/mol. The molecule has 0 saturated carbocycles. The monoisotopic (exact) mass is 402 g/mol. The average Bonchev–Trinajstić information content (AvgIpc) is 3.13. The number of fused-ring (bicyclic) bond motifs is 1. The number of benzene rings is 2. The molecule has 144 valence electrons. The summed E-state index contributed by atoms with van der Waals surface area (Å²) in [6.07, 6.45) is 1.75. The van der Waals surface area contributed by atoms with E-state index in [2.05, 4.69) is 20.6 Å². The van der Waals surface area contributed by atoms with Gasteiger partial charge in [0.25, 0.3) is 5.91 Å². The van der Waals surface area contributed by atoms with Crippen LogP contribution in [0.4, 0.5) is 11.4 Å². The van der Waals surface area contributed by atoms with Crippen LogP contribution in [0.2, 0.25) is 0 Å². The topological polar surface area (TPSA) is 84.0 Å². The number of amides is 2. The second kappa shape index (κ2) is 7.81. The SMILES string of the molecule is CC(=O)Nc1ccc(C(=O)Nc2cccc(-c3nc4cccnc4s3)c2C)cc1. The van der Waals surface area contributed by atoms with Crippen molar-refractivity contribution in [2.45, 2.75) is 13.8 Å². The third-order valence-electron chi connectivity index (χ3n) is 4.45. The number of aromatic nitrogens is 2. The maximum absolute atomic E-state index is 12.7. The van der Waals surface area contributed by atoms with Crippen molar-refractivity contribution in [1.82, 2.24) is 9.97 Å². The Morgan fingerprint density at radius 3 is 2.48 bits per heavy atom. The Bertz CT molecular complexity index is 1180. The van der Waals surface area contributed by atoms with Crippen molar-refractivity contribution < 1.29 is 9.59 Å². The maximum Gasteiger partial charge on any atom is 0.255 e. The number of carbonyl (C=O) groups excluding carboxylic acids is 2. The third kappa shape index (κ3) is 4.00. The first kappa shape index (κ1) is 18.8. The summed E-state index contributed by atoms with van der Waals surface area (Å²) in [6, 6.07) is 16.3. The number of hydrogen-bond acceptors (Lipinski definition) is 5. The Morgan fingerprint density at radius 2 is 1.76 bits per heavy atom. The Labute approximate surface area is 171 Å². The zero-order chi connectivity index (χ0) is 20.4. The lowest BCUT2D eigenvalue weighted by Gasteiger charge is -2.11. The second-order valence-electron chi connectivity index (χ2n) is 6.54. The summed E-state index contributed by atoms with van der Waals surface area (Å²) in [4.78, 5) is 33.7. The largest absolute Gasteiger partial charge is 0.326 e. The van der Waals surface area contributed by atoms with Crippen LogP contribution in [0.15, 0.2) is 60.8 Å². The molecule has 7 heteroatoms. The highest BCUT2D eigenvalue weighted by molar-refractivity contribution is 7.21. The number of carbonyl (C=O) groups is 2. The summed E-state index contributed by atoms with van der Waals surface area (Å²) >= 11 is 1.53. The third-order valence-corrected chi connectivity index (χ3v) is 5.46. The molecule has 0 aliphatic rings. The van der Waals surface area contributed by atoms with Crippen LogP contribution >= 0.6 is 11.3 Å². The highest BCUT2D eigenvalue weighted by Gasteiger charge is 2.14.